The van der Waals surface area contributed by atoms with E-state index in [2.05, 4.69) is 22.5 Å². The van der Waals surface area contributed by atoms with Crippen LogP contribution in [0.15, 0.2) is 24.3 Å². The number of hydrogen-bond donors (Lipinski definition) is 1. The first-order valence-corrected chi connectivity index (χ1v) is 12.1. The smallest absolute Gasteiger partial charge is 0.214 e. The van der Waals surface area contributed by atoms with Gasteiger partial charge in [-0.25, -0.2) is 22.7 Å². The maximum atomic E-state index is 12.0. The average molecular weight is 416 g/mol. The highest BCUT2D eigenvalue weighted by Gasteiger charge is 2.27. The Balaban J connectivity index is 1.62. The van der Waals surface area contributed by atoms with Gasteiger partial charge in [0.15, 0.2) is 5.82 Å². The summed E-state index contributed by atoms with van der Waals surface area (Å²) in [6.07, 6.45) is 5.55. The number of hydrogen-bond acceptors (Lipinski definition) is 5. The molecule has 4 rings (SSSR count). The number of anilines is 1. The minimum atomic E-state index is -3.02. The monoisotopic (exact) mass is 415 g/mol. The van der Waals surface area contributed by atoms with E-state index < -0.39 is 10.0 Å². The number of pyridine rings is 1. The predicted octanol–water partition coefficient (Wildman–Crippen LogP) is 3.33. The van der Waals surface area contributed by atoms with E-state index >= 15 is 0 Å². The van der Waals surface area contributed by atoms with Gasteiger partial charge in [-0.3, -0.25) is 0 Å². The van der Waals surface area contributed by atoms with Crippen LogP contribution >= 0.6 is 0 Å². The number of nitrogens with two attached hydrogens (primary N) is 1. The van der Waals surface area contributed by atoms with Crippen molar-refractivity contribution in [2.75, 3.05) is 24.6 Å². The van der Waals surface area contributed by atoms with Crippen molar-refractivity contribution in [2.45, 2.75) is 52.0 Å². The van der Waals surface area contributed by atoms with Crippen LogP contribution in [0.1, 0.15) is 44.9 Å². The number of nitrogens with zero attached hydrogens (tertiary/aromatic N) is 4. The Bertz CT molecular complexity index is 1120. The molecule has 2 N–H and O–H groups in total. The number of nitrogen functional groups attached to an aromatic ring is 1. The Morgan fingerprint density at radius 2 is 1.90 bits per heavy atom. The number of sulfonamides is 1. The molecule has 29 heavy (non-hydrogen) atoms. The molecule has 3 aromatic rings. The molecular formula is C21H29N5O2S. The first-order chi connectivity index (χ1) is 14.0. The van der Waals surface area contributed by atoms with Crippen LogP contribution in [0.3, 0.4) is 0 Å². The molecule has 0 radical (unpaired) electrons. The standard InChI is InChI=1S/C21H29N5O2S/c1-2-3-11-18-24-19-20(16-9-4-5-10-17(16)23-21(19)22)26(18)14-7-6-12-25-13-8-15-29(25,27)28/h4-5,9-10H,2-3,6-8,11-15H2,1H3,(H2,22,23). The molecular weight excluding hydrogens is 386 g/mol. The molecule has 2 aromatic heterocycles. The van der Waals surface area contributed by atoms with Crippen LogP contribution < -0.4 is 5.73 Å². The van der Waals surface area contributed by atoms with E-state index in [9.17, 15) is 8.42 Å². The Morgan fingerprint density at radius 3 is 2.66 bits per heavy atom. The van der Waals surface area contributed by atoms with Gasteiger partial charge in [-0.1, -0.05) is 31.5 Å². The summed E-state index contributed by atoms with van der Waals surface area (Å²) in [5.41, 5.74) is 8.94. The Hall–Kier alpha value is -2.19. The molecule has 0 atom stereocenters. The number of aryl methyl sites for hydroxylation is 2. The number of unbranched alkanes of at least 4 members (excludes halogenated alkanes) is 2. The largest absolute Gasteiger partial charge is 0.382 e. The van der Waals surface area contributed by atoms with Crippen LogP contribution in [0.4, 0.5) is 5.82 Å². The van der Waals surface area contributed by atoms with Crippen LogP contribution in [0.2, 0.25) is 0 Å². The number of aromatic nitrogens is 3. The number of fused-ring (bicyclic) bond motifs is 3. The van der Waals surface area contributed by atoms with Crippen LogP contribution in [0, 0.1) is 0 Å². The van der Waals surface area contributed by atoms with E-state index in [1.807, 2.05) is 18.2 Å². The van der Waals surface area contributed by atoms with Crippen molar-refractivity contribution < 1.29 is 8.42 Å². The lowest BCUT2D eigenvalue weighted by Crippen LogP contribution is -2.26. The zero-order chi connectivity index (χ0) is 20.4. The van der Waals surface area contributed by atoms with Crippen molar-refractivity contribution in [2.24, 2.45) is 0 Å². The quantitative estimate of drug-likeness (QED) is 0.570. The van der Waals surface area contributed by atoms with Gasteiger partial charge in [-0.2, -0.15) is 0 Å². The number of rotatable bonds is 8. The predicted molar refractivity (Wildman–Crippen MR) is 117 cm³/mol. The summed E-state index contributed by atoms with van der Waals surface area (Å²) in [5, 5.41) is 1.06. The van der Waals surface area contributed by atoms with Gasteiger partial charge < -0.3 is 10.3 Å². The average Bonchev–Trinajstić information content (AvgIpc) is 3.23. The summed E-state index contributed by atoms with van der Waals surface area (Å²) in [5.74, 6) is 1.80. The highest BCUT2D eigenvalue weighted by molar-refractivity contribution is 7.89. The van der Waals surface area contributed by atoms with Gasteiger partial charge in [-0.15, -0.1) is 0 Å². The fraction of sp³-hybridized carbons (Fsp3) is 0.524. The maximum absolute atomic E-state index is 12.0. The van der Waals surface area contributed by atoms with Gasteiger partial charge in [0.25, 0.3) is 0 Å². The molecule has 0 saturated carbocycles. The third-order valence-electron chi connectivity index (χ3n) is 5.69. The Morgan fingerprint density at radius 1 is 1.10 bits per heavy atom. The molecule has 0 bridgehead atoms. The third kappa shape index (κ3) is 3.96. The second kappa shape index (κ2) is 8.28. The molecule has 7 nitrogen and oxygen atoms in total. The van der Waals surface area contributed by atoms with E-state index in [0.717, 1.165) is 72.8 Å². The summed E-state index contributed by atoms with van der Waals surface area (Å²) in [7, 11) is -3.02. The van der Waals surface area contributed by atoms with Gasteiger partial charge in [0.1, 0.15) is 11.3 Å². The number of para-hydroxylation sites is 1. The van der Waals surface area contributed by atoms with Crippen molar-refractivity contribution in [3.05, 3.63) is 30.1 Å². The summed E-state index contributed by atoms with van der Waals surface area (Å²) in [6, 6.07) is 8.03. The lowest BCUT2D eigenvalue weighted by molar-refractivity contribution is 0.422. The summed E-state index contributed by atoms with van der Waals surface area (Å²) in [4.78, 5) is 9.38. The van der Waals surface area contributed by atoms with Crippen LogP contribution in [-0.2, 0) is 23.0 Å². The van der Waals surface area contributed by atoms with Gasteiger partial charge in [0, 0.05) is 31.4 Å². The lowest BCUT2D eigenvalue weighted by atomic mass is 10.2. The van der Waals surface area contributed by atoms with Crippen molar-refractivity contribution in [3.8, 4) is 0 Å². The molecule has 1 saturated heterocycles. The van der Waals surface area contributed by atoms with E-state index in [0.29, 0.717) is 24.7 Å². The molecule has 1 fully saturated rings. The van der Waals surface area contributed by atoms with E-state index in [4.69, 9.17) is 10.7 Å². The van der Waals surface area contributed by atoms with E-state index in [1.165, 1.54) is 0 Å². The van der Waals surface area contributed by atoms with Gasteiger partial charge >= 0.3 is 0 Å². The molecule has 8 heteroatoms. The van der Waals surface area contributed by atoms with Crippen molar-refractivity contribution in [3.63, 3.8) is 0 Å². The Labute approximate surface area is 172 Å². The summed E-state index contributed by atoms with van der Waals surface area (Å²) in [6.45, 7) is 4.24. The first-order valence-electron chi connectivity index (χ1n) is 10.5. The third-order valence-corrected chi connectivity index (χ3v) is 7.64. The molecule has 3 heterocycles. The van der Waals surface area contributed by atoms with Gasteiger partial charge in [-0.05, 0) is 31.7 Å². The molecule has 0 unspecified atom stereocenters. The fourth-order valence-electron chi connectivity index (χ4n) is 4.17. The highest BCUT2D eigenvalue weighted by atomic mass is 32.2. The van der Waals surface area contributed by atoms with Crippen LogP contribution in [0.5, 0.6) is 0 Å². The first kappa shape index (κ1) is 20.1. The minimum Gasteiger partial charge on any atom is -0.382 e. The van der Waals surface area contributed by atoms with E-state index in [-0.39, 0.29) is 0 Å². The van der Waals surface area contributed by atoms with Crippen LogP contribution in [0.25, 0.3) is 21.9 Å². The molecule has 1 aromatic carbocycles. The maximum Gasteiger partial charge on any atom is 0.214 e. The van der Waals surface area contributed by atoms with Gasteiger partial charge in [0.05, 0.1) is 16.8 Å². The second-order valence-electron chi connectivity index (χ2n) is 7.77. The lowest BCUT2D eigenvalue weighted by Gasteiger charge is -2.15. The number of imidazole rings is 1. The zero-order valence-corrected chi connectivity index (χ0v) is 17.8. The van der Waals surface area contributed by atoms with Gasteiger partial charge in [0.2, 0.25) is 10.0 Å². The molecule has 1 aliphatic heterocycles. The minimum absolute atomic E-state index is 0.290. The SMILES string of the molecule is CCCCc1nc2c(N)nc3ccccc3c2n1CCCCN1CCCS1(=O)=O. The topological polar surface area (TPSA) is 94.1 Å². The van der Waals surface area contributed by atoms with E-state index in [1.54, 1.807) is 4.31 Å². The summed E-state index contributed by atoms with van der Waals surface area (Å²) < 4.78 is 27.9. The fourth-order valence-corrected chi connectivity index (χ4v) is 5.74. The van der Waals surface area contributed by atoms with Crippen molar-refractivity contribution in [1.29, 1.82) is 0 Å². The molecule has 156 valence electrons. The molecule has 1 aliphatic rings. The zero-order valence-electron chi connectivity index (χ0n) is 17.0. The molecule has 0 aliphatic carbocycles. The molecule has 0 amide bonds. The summed E-state index contributed by atoms with van der Waals surface area (Å²) >= 11 is 0. The van der Waals surface area contributed by atoms with Crippen LogP contribution in [-0.4, -0.2) is 46.1 Å². The second-order valence-corrected chi connectivity index (χ2v) is 9.86. The Kier molecular flexibility index (Phi) is 5.74. The normalized spacial score (nSPS) is 16.9. The number of benzene rings is 1. The van der Waals surface area contributed by atoms with Crippen molar-refractivity contribution in [1.82, 2.24) is 18.8 Å². The highest BCUT2D eigenvalue weighted by Crippen LogP contribution is 2.29. The molecule has 0 spiro atoms. The van der Waals surface area contributed by atoms with Crippen molar-refractivity contribution >= 4 is 37.8 Å².